The molecule has 0 spiro atoms. The zero-order valence-corrected chi connectivity index (χ0v) is 6.86. The first-order valence-corrected chi connectivity index (χ1v) is 4.09. The van der Waals surface area contributed by atoms with Gasteiger partial charge in [0, 0.05) is 19.0 Å². The van der Waals surface area contributed by atoms with Gasteiger partial charge in [0.1, 0.15) is 5.78 Å². The molecule has 2 aliphatic rings. The molecule has 1 saturated heterocycles. The first kappa shape index (κ1) is 7.58. The fourth-order valence-electron chi connectivity index (χ4n) is 2.29. The summed E-state index contributed by atoms with van der Waals surface area (Å²) in [6, 6.07) is 0. The SMILES string of the molecule is CC(=O)[C@@H]1[C@@H]2CN(C(=O)O)C[C@@H]21. The molecule has 0 aromatic heterocycles. The molecule has 3 atom stereocenters. The van der Waals surface area contributed by atoms with Crippen LogP contribution in [0.25, 0.3) is 0 Å². The summed E-state index contributed by atoms with van der Waals surface area (Å²) in [4.78, 5) is 22.8. The number of carboxylic acid groups (broad SMARTS) is 1. The first-order chi connectivity index (χ1) is 5.61. The van der Waals surface area contributed by atoms with Crippen molar-refractivity contribution in [1.29, 1.82) is 0 Å². The number of nitrogens with zero attached hydrogens (tertiary/aromatic N) is 1. The molecule has 0 unspecified atom stereocenters. The predicted molar refractivity (Wildman–Crippen MR) is 40.7 cm³/mol. The predicted octanol–water partition coefficient (Wildman–Crippen LogP) is 0.431. The highest BCUT2D eigenvalue weighted by molar-refractivity contribution is 5.82. The third kappa shape index (κ3) is 0.906. The molecule has 1 heterocycles. The fourth-order valence-corrected chi connectivity index (χ4v) is 2.29. The van der Waals surface area contributed by atoms with Crippen LogP contribution in [0.4, 0.5) is 4.79 Å². The monoisotopic (exact) mass is 169 g/mol. The number of rotatable bonds is 1. The van der Waals surface area contributed by atoms with Crippen LogP contribution in [0.5, 0.6) is 0 Å². The van der Waals surface area contributed by atoms with Gasteiger partial charge in [0.05, 0.1) is 0 Å². The highest BCUT2D eigenvalue weighted by Crippen LogP contribution is 2.51. The van der Waals surface area contributed by atoms with Crippen LogP contribution in [0.2, 0.25) is 0 Å². The summed E-state index contributed by atoms with van der Waals surface area (Å²) < 4.78 is 0. The van der Waals surface area contributed by atoms with Crippen molar-refractivity contribution in [3.63, 3.8) is 0 Å². The van der Waals surface area contributed by atoms with Gasteiger partial charge < -0.3 is 10.0 Å². The Morgan fingerprint density at radius 3 is 2.17 bits per heavy atom. The number of Topliss-reactive ketones (excluding diaryl/α,β-unsaturated/α-hetero) is 1. The number of hydrogen-bond donors (Lipinski definition) is 1. The average Bonchev–Trinajstić information content (AvgIpc) is 2.48. The number of hydrogen-bond acceptors (Lipinski definition) is 2. The summed E-state index contributed by atoms with van der Waals surface area (Å²) in [5.74, 6) is 1.05. The van der Waals surface area contributed by atoms with E-state index in [1.54, 1.807) is 6.92 Å². The molecule has 66 valence electrons. The summed E-state index contributed by atoms with van der Waals surface area (Å²) in [7, 11) is 0. The second-order valence-electron chi connectivity index (χ2n) is 3.65. The lowest BCUT2D eigenvalue weighted by molar-refractivity contribution is -0.119. The lowest BCUT2D eigenvalue weighted by atomic mass is 10.2. The maximum Gasteiger partial charge on any atom is 0.407 e. The number of carbonyl (C=O) groups excluding carboxylic acids is 1. The Labute approximate surface area is 70.2 Å². The van der Waals surface area contributed by atoms with Gasteiger partial charge in [0.25, 0.3) is 0 Å². The average molecular weight is 169 g/mol. The van der Waals surface area contributed by atoms with Crippen LogP contribution in [0, 0.1) is 17.8 Å². The molecule has 1 amide bonds. The summed E-state index contributed by atoms with van der Waals surface area (Å²) in [6.07, 6.45) is -0.857. The molecule has 2 fully saturated rings. The van der Waals surface area contributed by atoms with E-state index in [2.05, 4.69) is 0 Å². The molecule has 4 heteroatoms. The first-order valence-electron chi connectivity index (χ1n) is 4.09. The number of carbonyl (C=O) groups is 2. The van der Waals surface area contributed by atoms with Crippen LogP contribution in [-0.4, -0.2) is 35.0 Å². The summed E-state index contributed by atoms with van der Waals surface area (Å²) in [5.41, 5.74) is 0. The topological polar surface area (TPSA) is 57.6 Å². The molecule has 2 rings (SSSR count). The highest BCUT2D eigenvalue weighted by Gasteiger charge is 2.58. The Morgan fingerprint density at radius 2 is 1.83 bits per heavy atom. The lowest BCUT2D eigenvalue weighted by Crippen LogP contribution is -2.30. The van der Waals surface area contributed by atoms with E-state index in [1.807, 2.05) is 0 Å². The largest absolute Gasteiger partial charge is 0.465 e. The molecule has 0 aromatic carbocycles. The number of piperidine rings is 1. The molecule has 1 aliphatic heterocycles. The van der Waals surface area contributed by atoms with E-state index in [-0.39, 0.29) is 11.7 Å². The summed E-state index contributed by atoms with van der Waals surface area (Å²) in [6.45, 7) is 2.71. The Balaban J connectivity index is 1.94. The van der Waals surface area contributed by atoms with Crippen molar-refractivity contribution in [2.24, 2.45) is 17.8 Å². The van der Waals surface area contributed by atoms with Crippen molar-refractivity contribution in [3.8, 4) is 0 Å². The second kappa shape index (κ2) is 2.21. The Bertz CT molecular complexity index is 227. The van der Waals surface area contributed by atoms with Gasteiger partial charge in [-0.3, -0.25) is 4.79 Å². The van der Waals surface area contributed by atoms with Gasteiger partial charge in [-0.25, -0.2) is 4.79 Å². The third-order valence-corrected chi connectivity index (χ3v) is 2.93. The fraction of sp³-hybridized carbons (Fsp3) is 0.750. The van der Waals surface area contributed by atoms with Gasteiger partial charge in [-0.15, -0.1) is 0 Å². The van der Waals surface area contributed by atoms with Crippen LogP contribution < -0.4 is 0 Å². The van der Waals surface area contributed by atoms with Gasteiger partial charge in [-0.05, 0) is 18.8 Å². The normalized spacial score (nSPS) is 37.8. The lowest BCUT2D eigenvalue weighted by Gasteiger charge is -2.14. The number of amides is 1. The van der Waals surface area contributed by atoms with Gasteiger partial charge >= 0.3 is 6.09 Å². The standard InChI is InChI=1S/C8H11NO3/c1-4(10)7-5-2-9(8(11)12)3-6(5)7/h5-7H,2-3H2,1H3,(H,11,12)/t5-,6+,7-. The molecule has 1 saturated carbocycles. The third-order valence-electron chi connectivity index (χ3n) is 2.93. The Hall–Kier alpha value is -1.06. The highest BCUT2D eigenvalue weighted by atomic mass is 16.4. The van der Waals surface area contributed by atoms with Crippen molar-refractivity contribution in [3.05, 3.63) is 0 Å². The molecule has 0 bridgehead atoms. The number of fused-ring (bicyclic) bond motifs is 1. The van der Waals surface area contributed by atoms with E-state index in [9.17, 15) is 9.59 Å². The van der Waals surface area contributed by atoms with Crippen molar-refractivity contribution in [2.45, 2.75) is 6.92 Å². The quantitative estimate of drug-likeness (QED) is 0.619. The Kier molecular flexibility index (Phi) is 1.40. The molecule has 1 aliphatic carbocycles. The summed E-state index contributed by atoms with van der Waals surface area (Å²) >= 11 is 0. The zero-order chi connectivity index (χ0) is 8.88. The van der Waals surface area contributed by atoms with E-state index >= 15 is 0 Å². The molecule has 1 N–H and O–H groups in total. The van der Waals surface area contributed by atoms with Gasteiger partial charge in [0.15, 0.2) is 0 Å². The minimum Gasteiger partial charge on any atom is -0.465 e. The molecule has 0 radical (unpaired) electrons. The molecular weight excluding hydrogens is 158 g/mol. The minimum atomic E-state index is -0.857. The van der Waals surface area contributed by atoms with Crippen molar-refractivity contribution in [2.75, 3.05) is 13.1 Å². The van der Waals surface area contributed by atoms with Crippen LogP contribution >= 0.6 is 0 Å². The van der Waals surface area contributed by atoms with Crippen molar-refractivity contribution >= 4 is 11.9 Å². The smallest absolute Gasteiger partial charge is 0.407 e. The molecule has 12 heavy (non-hydrogen) atoms. The van der Waals surface area contributed by atoms with Crippen molar-refractivity contribution in [1.82, 2.24) is 4.90 Å². The van der Waals surface area contributed by atoms with Crippen LogP contribution in [0.3, 0.4) is 0 Å². The van der Waals surface area contributed by atoms with Crippen LogP contribution in [0.15, 0.2) is 0 Å². The van der Waals surface area contributed by atoms with Crippen molar-refractivity contribution < 1.29 is 14.7 Å². The van der Waals surface area contributed by atoms with E-state index in [4.69, 9.17) is 5.11 Å². The summed E-state index contributed by atoms with van der Waals surface area (Å²) in [5, 5.41) is 8.62. The second-order valence-corrected chi connectivity index (χ2v) is 3.65. The van der Waals surface area contributed by atoms with E-state index in [0.717, 1.165) is 0 Å². The molecule has 4 nitrogen and oxygen atoms in total. The van der Waals surface area contributed by atoms with Gasteiger partial charge in [0.2, 0.25) is 0 Å². The minimum absolute atomic E-state index is 0.167. The molecule has 0 aromatic rings. The van der Waals surface area contributed by atoms with E-state index in [0.29, 0.717) is 24.9 Å². The van der Waals surface area contributed by atoms with Crippen LogP contribution in [-0.2, 0) is 4.79 Å². The Morgan fingerprint density at radius 1 is 1.33 bits per heavy atom. The maximum absolute atomic E-state index is 10.9. The van der Waals surface area contributed by atoms with E-state index in [1.165, 1.54) is 4.90 Å². The zero-order valence-electron chi connectivity index (χ0n) is 6.86. The van der Waals surface area contributed by atoms with Gasteiger partial charge in [-0.2, -0.15) is 0 Å². The van der Waals surface area contributed by atoms with Crippen LogP contribution in [0.1, 0.15) is 6.92 Å². The number of likely N-dealkylation sites (tertiary alicyclic amines) is 1. The molecular formula is C8H11NO3. The maximum atomic E-state index is 10.9. The number of ketones is 1. The van der Waals surface area contributed by atoms with Gasteiger partial charge in [-0.1, -0.05) is 0 Å². The van der Waals surface area contributed by atoms with E-state index < -0.39 is 6.09 Å².